The molecule has 0 saturated heterocycles. The lowest BCUT2D eigenvalue weighted by Crippen LogP contribution is -2.68. The number of hydrogen-bond acceptors (Lipinski definition) is 2. The van der Waals surface area contributed by atoms with Crippen LogP contribution in [0.5, 0.6) is 0 Å². The van der Waals surface area contributed by atoms with E-state index < -0.39 is 0 Å². The monoisotopic (exact) mass is 284 g/mol. The molecule has 2 nitrogen and oxygen atoms in total. The molecule has 0 amide bonds. The molecule has 4 bridgehead atoms. The fraction of sp³-hybridized carbons (Fsp3) is 0.684. The van der Waals surface area contributed by atoms with Crippen molar-refractivity contribution < 1.29 is 0 Å². The second kappa shape index (κ2) is 4.74. The van der Waals surface area contributed by atoms with Crippen LogP contribution in [-0.4, -0.2) is 19.1 Å². The molecule has 21 heavy (non-hydrogen) atoms. The minimum Gasteiger partial charge on any atom is -0.367 e. The van der Waals surface area contributed by atoms with Crippen LogP contribution >= 0.6 is 0 Å². The van der Waals surface area contributed by atoms with Crippen molar-refractivity contribution in [1.82, 2.24) is 0 Å². The summed E-state index contributed by atoms with van der Waals surface area (Å²) in [5.74, 6) is 3.62. The van der Waals surface area contributed by atoms with Crippen molar-refractivity contribution in [2.24, 2.45) is 29.4 Å². The van der Waals surface area contributed by atoms with Crippen LogP contribution in [0.25, 0.3) is 0 Å². The van der Waals surface area contributed by atoms with Crippen molar-refractivity contribution in [3.8, 4) is 0 Å². The van der Waals surface area contributed by atoms with Crippen LogP contribution in [0.3, 0.4) is 0 Å². The molecule has 4 fully saturated rings. The molecule has 4 saturated carbocycles. The van der Waals surface area contributed by atoms with Gasteiger partial charge in [-0.25, -0.2) is 0 Å². The van der Waals surface area contributed by atoms with Gasteiger partial charge in [-0.15, -0.1) is 0 Å². The van der Waals surface area contributed by atoms with Crippen LogP contribution in [0.15, 0.2) is 24.3 Å². The van der Waals surface area contributed by atoms with Gasteiger partial charge in [0, 0.05) is 19.3 Å². The second-order valence-electron chi connectivity index (χ2n) is 7.90. The normalized spacial score (nSPS) is 40.5. The lowest BCUT2D eigenvalue weighted by atomic mass is 9.48. The summed E-state index contributed by atoms with van der Waals surface area (Å²) in [6, 6.07) is 8.95. The Labute approximate surface area is 128 Å². The molecule has 1 aromatic carbocycles. The van der Waals surface area contributed by atoms with E-state index in [0.29, 0.717) is 0 Å². The average molecular weight is 284 g/mol. The van der Waals surface area contributed by atoms with Crippen LogP contribution < -0.4 is 10.6 Å². The van der Waals surface area contributed by atoms with Crippen LogP contribution in [-0.2, 0) is 0 Å². The summed E-state index contributed by atoms with van der Waals surface area (Å²) in [5, 5.41) is 0. The van der Waals surface area contributed by atoms with Gasteiger partial charge in [-0.3, -0.25) is 0 Å². The van der Waals surface area contributed by atoms with Gasteiger partial charge < -0.3 is 10.6 Å². The third kappa shape index (κ3) is 1.88. The quantitative estimate of drug-likeness (QED) is 0.919. The Balaban J connectivity index is 1.73. The predicted octanol–water partition coefficient (Wildman–Crippen LogP) is 3.58. The van der Waals surface area contributed by atoms with Gasteiger partial charge in [0.25, 0.3) is 0 Å². The van der Waals surface area contributed by atoms with Crippen LogP contribution in [0.2, 0.25) is 0 Å². The summed E-state index contributed by atoms with van der Waals surface area (Å²) in [4.78, 5) is 2.56. The van der Waals surface area contributed by atoms with E-state index >= 15 is 0 Å². The zero-order valence-electron chi connectivity index (χ0n) is 13.4. The molecule has 0 spiro atoms. The van der Waals surface area contributed by atoms with E-state index in [1.54, 1.807) is 0 Å². The van der Waals surface area contributed by atoms with E-state index in [2.05, 4.69) is 43.1 Å². The minimum absolute atomic E-state index is 0.210. The summed E-state index contributed by atoms with van der Waals surface area (Å²) in [6.45, 7) is 3.00. The van der Waals surface area contributed by atoms with Gasteiger partial charge in [-0.2, -0.15) is 0 Å². The Hall–Kier alpha value is -1.02. The summed E-state index contributed by atoms with van der Waals surface area (Å²) in [7, 11) is 2.30. The predicted molar refractivity (Wildman–Crippen MR) is 88.4 cm³/mol. The van der Waals surface area contributed by atoms with Gasteiger partial charge in [-0.05, 0) is 80.4 Å². The van der Waals surface area contributed by atoms with Gasteiger partial charge >= 0.3 is 0 Å². The van der Waals surface area contributed by atoms with Gasteiger partial charge in [0.1, 0.15) is 0 Å². The van der Waals surface area contributed by atoms with Crippen molar-refractivity contribution in [1.29, 1.82) is 0 Å². The second-order valence-corrected chi connectivity index (χ2v) is 7.90. The molecule has 0 unspecified atom stereocenters. The summed E-state index contributed by atoms with van der Waals surface area (Å²) < 4.78 is 0. The van der Waals surface area contributed by atoms with Gasteiger partial charge in [0.2, 0.25) is 0 Å². The first-order valence-corrected chi connectivity index (χ1v) is 8.64. The molecule has 0 heterocycles. The van der Waals surface area contributed by atoms with Gasteiger partial charge in [0.05, 0.1) is 5.54 Å². The van der Waals surface area contributed by atoms with Crippen molar-refractivity contribution in [2.75, 3.05) is 18.5 Å². The largest absolute Gasteiger partial charge is 0.367 e. The van der Waals surface area contributed by atoms with Crippen molar-refractivity contribution >= 4 is 5.69 Å². The van der Waals surface area contributed by atoms with E-state index in [4.69, 9.17) is 5.73 Å². The van der Waals surface area contributed by atoms with E-state index in [9.17, 15) is 0 Å². The van der Waals surface area contributed by atoms with Crippen LogP contribution in [0.1, 0.15) is 37.7 Å². The number of aryl methyl sites for hydroxylation is 1. The SMILES string of the molecule is Cc1cccc(N(C)C2(CN)C3CC4CC(C3)CC2C4)c1. The summed E-state index contributed by atoms with van der Waals surface area (Å²) in [6.07, 6.45) is 7.17. The molecular weight excluding hydrogens is 256 g/mol. The first-order valence-electron chi connectivity index (χ1n) is 8.64. The number of likely N-dealkylation sites (N-methyl/N-ethyl adjacent to an activating group) is 1. The average Bonchev–Trinajstić information content (AvgIpc) is 2.47. The standard InChI is InChI=1S/C19H28N2/c1-13-4-3-5-18(6-13)21(2)19(12-20)16-8-14-7-15(10-16)11-17(19)9-14/h3-6,14-17H,7-12,20H2,1-2H3. The number of hydrogen-bond donors (Lipinski definition) is 1. The van der Waals surface area contributed by atoms with E-state index in [1.807, 2.05) is 0 Å². The molecule has 2 heteroatoms. The Morgan fingerprint density at radius 3 is 2.24 bits per heavy atom. The first kappa shape index (κ1) is 13.6. The molecule has 4 aliphatic carbocycles. The summed E-state index contributed by atoms with van der Waals surface area (Å²) >= 11 is 0. The molecule has 0 atom stereocenters. The van der Waals surface area contributed by atoms with E-state index in [0.717, 1.165) is 30.2 Å². The maximum absolute atomic E-state index is 6.42. The van der Waals surface area contributed by atoms with Crippen molar-refractivity contribution in [2.45, 2.75) is 44.6 Å². The highest BCUT2D eigenvalue weighted by Crippen LogP contribution is 2.60. The first-order chi connectivity index (χ1) is 10.1. The molecule has 0 aliphatic heterocycles. The molecule has 2 N–H and O–H groups in total. The number of rotatable bonds is 3. The number of nitrogens with zero attached hydrogens (tertiary/aromatic N) is 1. The van der Waals surface area contributed by atoms with Gasteiger partial charge in [0.15, 0.2) is 0 Å². The van der Waals surface area contributed by atoms with Gasteiger partial charge in [-0.1, -0.05) is 12.1 Å². The molecule has 0 radical (unpaired) electrons. The Kier molecular flexibility index (Phi) is 3.08. The molecular formula is C19H28N2. The van der Waals surface area contributed by atoms with Crippen LogP contribution in [0, 0.1) is 30.6 Å². The van der Waals surface area contributed by atoms with E-state index in [-0.39, 0.29) is 5.54 Å². The summed E-state index contributed by atoms with van der Waals surface area (Å²) in [5.41, 5.74) is 9.33. The number of anilines is 1. The topological polar surface area (TPSA) is 29.3 Å². The Morgan fingerprint density at radius 2 is 1.71 bits per heavy atom. The maximum Gasteiger partial charge on any atom is 0.0577 e. The maximum atomic E-state index is 6.42. The number of nitrogens with two attached hydrogens (primary N) is 1. The molecule has 1 aromatic rings. The number of benzene rings is 1. The molecule has 4 aliphatic rings. The lowest BCUT2D eigenvalue weighted by Gasteiger charge is -2.64. The zero-order chi connectivity index (χ0) is 14.6. The Bertz CT molecular complexity index is 508. The highest BCUT2D eigenvalue weighted by Gasteiger charge is 2.58. The fourth-order valence-corrected chi connectivity index (χ4v) is 6.10. The minimum atomic E-state index is 0.210. The highest BCUT2D eigenvalue weighted by molar-refractivity contribution is 5.51. The highest BCUT2D eigenvalue weighted by atomic mass is 15.2. The van der Waals surface area contributed by atoms with Crippen LogP contribution in [0.4, 0.5) is 5.69 Å². The third-order valence-electron chi connectivity index (χ3n) is 6.89. The third-order valence-corrected chi connectivity index (χ3v) is 6.89. The van der Waals surface area contributed by atoms with Crippen molar-refractivity contribution in [3.05, 3.63) is 29.8 Å². The zero-order valence-corrected chi connectivity index (χ0v) is 13.4. The molecule has 0 aromatic heterocycles. The smallest absolute Gasteiger partial charge is 0.0577 e. The lowest BCUT2D eigenvalue weighted by molar-refractivity contribution is -0.0525. The molecule has 5 rings (SSSR count). The fourth-order valence-electron chi connectivity index (χ4n) is 6.10. The van der Waals surface area contributed by atoms with E-state index in [1.165, 1.54) is 43.4 Å². The van der Waals surface area contributed by atoms with Crippen molar-refractivity contribution in [3.63, 3.8) is 0 Å². The molecule has 114 valence electrons. The Morgan fingerprint density at radius 1 is 1.10 bits per heavy atom.